The first-order chi connectivity index (χ1) is 14.1. The van der Waals surface area contributed by atoms with Gasteiger partial charge in [-0.05, 0) is 52.0 Å². The number of allylic oxidation sites excluding steroid dienone is 3. The Labute approximate surface area is 185 Å². The highest BCUT2D eigenvalue weighted by Gasteiger charge is 2.45. The second-order valence-electron chi connectivity index (χ2n) is 8.22. The molecular weight excluding hydrogens is 472 g/mol. The largest absolute Gasteiger partial charge is 0.384 e. The molecule has 0 spiro atoms. The van der Waals surface area contributed by atoms with Gasteiger partial charge in [0.1, 0.15) is 17.5 Å². The maximum absolute atomic E-state index is 14.8. The van der Waals surface area contributed by atoms with E-state index in [-0.39, 0.29) is 28.3 Å². The van der Waals surface area contributed by atoms with Crippen molar-refractivity contribution in [3.63, 3.8) is 0 Å². The van der Waals surface area contributed by atoms with E-state index < -0.39 is 17.6 Å². The Bertz CT molecular complexity index is 1180. The topological polar surface area (TPSA) is 70.1 Å². The lowest BCUT2D eigenvalue weighted by Crippen LogP contribution is -2.42. The average Bonchev–Trinajstić information content (AvgIpc) is 3.07. The molecule has 4 rings (SSSR count). The third kappa shape index (κ3) is 3.36. The van der Waals surface area contributed by atoms with E-state index in [1.165, 1.54) is 22.3 Å². The summed E-state index contributed by atoms with van der Waals surface area (Å²) < 4.78 is 29.2. The van der Waals surface area contributed by atoms with Crippen molar-refractivity contribution < 1.29 is 13.6 Å². The molecule has 1 aliphatic heterocycles. The molecule has 4 nitrogen and oxygen atoms in total. The van der Waals surface area contributed by atoms with Crippen molar-refractivity contribution in [1.82, 2.24) is 0 Å². The summed E-state index contributed by atoms with van der Waals surface area (Å²) in [6, 6.07) is 9.04. The number of Topliss-reactive ketones (excluding diaryl/α,β-unsaturated/α-hetero) is 1. The van der Waals surface area contributed by atoms with Crippen LogP contribution in [-0.2, 0) is 4.79 Å². The van der Waals surface area contributed by atoms with Crippen molar-refractivity contribution in [2.75, 3.05) is 4.90 Å². The second-order valence-corrected chi connectivity index (χ2v) is 10.7. The van der Waals surface area contributed by atoms with Crippen LogP contribution in [0.2, 0.25) is 0 Å². The molecule has 30 heavy (non-hydrogen) atoms. The quantitative estimate of drug-likeness (QED) is 0.584. The molecule has 8 heteroatoms. The summed E-state index contributed by atoms with van der Waals surface area (Å²) in [6.45, 7) is 3.93. The summed E-state index contributed by atoms with van der Waals surface area (Å²) in [6.07, 6.45) is 0.778. The lowest BCUT2D eigenvalue weighted by molar-refractivity contribution is -0.118. The van der Waals surface area contributed by atoms with Gasteiger partial charge >= 0.3 is 0 Å². The standard InChI is InChI=1S/C22H18BrF2N3OS/c1-22(2)8-15-20(16(29)9-22)19(17-5-6-18(23)30-17)12(10-26)21(27)28(15)14-4-3-11(24)7-13(14)25/h3-7,19H,8-9,27H2,1-2H3. The first-order valence-electron chi connectivity index (χ1n) is 9.29. The van der Waals surface area contributed by atoms with Crippen molar-refractivity contribution in [2.24, 2.45) is 11.1 Å². The van der Waals surface area contributed by atoms with Crippen molar-refractivity contribution in [3.05, 3.63) is 73.3 Å². The molecule has 0 fully saturated rings. The number of ketones is 1. The monoisotopic (exact) mass is 489 g/mol. The molecule has 154 valence electrons. The van der Waals surface area contributed by atoms with Crippen molar-refractivity contribution in [1.29, 1.82) is 5.26 Å². The number of thiophene rings is 1. The Morgan fingerprint density at radius 2 is 2.00 bits per heavy atom. The van der Waals surface area contributed by atoms with Crippen molar-refractivity contribution >= 4 is 38.7 Å². The number of nitriles is 1. The molecule has 1 unspecified atom stereocenters. The van der Waals surface area contributed by atoms with Gasteiger partial charge in [0, 0.05) is 28.6 Å². The number of hydrogen-bond acceptors (Lipinski definition) is 5. The maximum atomic E-state index is 14.8. The molecule has 1 atom stereocenters. The minimum atomic E-state index is -0.810. The van der Waals surface area contributed by atoms with E-state index >= 15 is 0 Å². The Balaban J connectivity index is 2.02. The van der Waals surface area contributed by atoms with E-state index in [2.05, 4.69) is 22.0 Å². The number of anilines is 1. The molecular formula is C22H18BrF2N3OS. The molecule has 2 heterocycles. The van der Waals surface area contributed by atoms with Crippen LogP contribution >= 0.6 is 27.3 Å². The van der Waals surface area contributed by atoms with E-state index in [1.54, 1.807) is 0 Å². The summed E-state index contributed by atoms with van der Waals surface area (Å²) >= 11 is 4.86. The molecule has 2 N–H and O–H groups in total. The van der Waals surface area contributed by atoms with Crippen LogP contribution in [0.3, 0.4) is 0 Å². The number of hydrogen-bond donors (Lipinski definition) is 1. The molecule has 0 saturated heterocycles. The van der Waals surface area contributed by atoms with E-state index in [1.807, 2.05) is 26.0 Å². The number of halogens is 3. The fourth-order valence-electron chi connectivity index (χ4n) is 4.21. The van der Waals surface area contributed by atoms with Gasteiger partial charge in [-0.1, -0.05) is 13.8 Å². The van der Waals surface area contributed by atoms with Gasteiger partial charge in [0.2, 0.25) is 0 Å². The molecule has 0 saturated carbocycles. The van der Waals surface area contributed by atoms with Crippen molar-refractivity contribution in [3.8, 4) is 6.07 Å². The highest BCUT2D eigenvalue weighted by molar-refractivity contribution is 9.11. The minimum absolute atomic E-state index is 0.0189. The van der Waals surface area contributed by atoms with Crippen LogP contribution in [0.4, 0.5) is 14.5 Å². The first kappa shape index (κ1) is 20.8. The number of benzene rings is 1. The highest BCUT2D eigenvalue weighted by atomic mass is 79.9. The Hall–Kier alpha value is -2.50. The summed E-state index contributed by atoms with van der Waals surface area (Å²) in [4.78, 5) is 15.5. The van der Waals surface area contributed by atoms with Gasteiger partial charge in [-0.25, -0.2) is 8.78 Å². The Kier molecular flexibility index (Phi) is 5.07. The summed E-state index contributed by atoms with van der Waals surface area (Å²) in [5.74, 6) is -2.17. The van der Waals surface area contributed by atoms with Crippen LogP contribution in [0, 0.1) is 28.4 Å². The van der Waals surface area contributed by atoms with E-state index in [0.29, 0.717) is 24.1 Å². The smallest absolute Gasteiger partial charge is 0.162 e. The van der Waals surface area contributed by atoms with Crippen LogP contribution in [-0.4, -0.2) is 5.78 Å². The van der Waals surface area contributed by atoms with Crippen LogP contribution in [0.25, 0.3) is 0 Å². The van der Waals surface area contributed by atoms with Gasteiger partial charge in [-0.15, -0.1) is 11.3 Å². The zero-order chi connectivity index (χ0) is 21.8. The fraction of sp³-hybridized carbons (Fsp3) is 0.273. The zero-order valence-electron chi connectivity index (χ0n) is 16.3. The number of rotatable bonds is 2. The molecule has 2 aromatic rings. The first-order valence-corrected chi connectivity index (χ1v) is 10.9. The lowest BCUT2D eigenvalue weighted by Gasteiger charge is -2.43. The number of nitrogens with two attached hydrogens (primary N) is 1. The molecule has 1 aromatic carbocycles. The molecule has 0 radical (unpaired) electrons. The van der Waals surface area contributed by atoms with E-state index in [9.17, 15) is 18.8 Å². The Morgan fingerprint density at radius 3 is 2.60 bits per heavy atom. The van der Waals surface area contributed by atoms with Crippen LogP contribution in [0.1, 0.15) is 37.5 Å². The Morgan fingerprint density at radius 1 is 1.27 bits per heavy atom. The summed E-state index contributed by atoms with van der Waals surface area (Å²) in [7, 11) is 0. The predicted molar refractivity (Wildman–Crippen MR) is 115 cm³/mol. The van der Waals surface area contributed by atoms with Crippen LogP contribution in [0.5, 0.6) is 0 Å². The van der Waals surface area contributed by atoms with E-state index in [0.717, 1.165) is 20.8 Å². The third-order valence-corrected chi connectivity index (χ3v) is 7.10. The number of carbonyl (C=O) groups excluding carboxylic acids is 1. The van der Waals surface area contributed by atoms with Gasteiger partial charge < -0.3 is 5.73 Å². The molecule has 0 amide bonds. The predicted octanol–water partition coefficient (Wildman–Crippen LogP) is 5.73. The SMILES string of the molecule is CC1(C)CC(=O)C2=C(C1)N(c1ccc(F)cc1F)C(N)=C(C#N)C2c1ccc(Br)s1. The lowest BCUT2D eigenvalue weighted by atomic mass is 9.69. The van der Waals surface area contributed by atoms with Crippen LogP contribution < -0.4 is 10.6 Å². The maximum Gasteiger partial charge on any atom is 0.162 e. The number of carbonyl (C=O) groups is 1. The molecule has 2 aliphatic rings. The highest BCUT2D eigenvalue weighted by Crippen LogP contribution is 2.51. The summed E-state index contributed by atoms with van der Waals surface area (Å²) in [5.41, 5.74) is 7.27. The molecule has 0 bridgehead atoms. The third-order valence-electron chi connectivity index (χ3n) is 5.41. The van der Waals surface area contributed by atoms with Gasteiger partial charge in [0.05, 0.1) is 27.0 Å². The summed E-state index contributed by atoms with van der Waals surface area (Å²) in [5, 5.41) is 9.95. The van der Waals surface area contributed by atoms with Gasteiger partial charge in [-0.2, -0.15) is 5.26 Å². The van der Waals surface area contributed by atoms with Crippen LogP contribution in [0.15, 0.2) is 56.8 Å². The van der Waals surface area contributed by atoms with Gasteiger partial charge in [-0.3, -0.25) is 9.69 Å². The number of nitrogens with zero attached hydrogens (tertiary/aromatic N) is 2. The molecule has 1 aromatic heterocycles. The average molecular weight is 490 g/mol. The molecule has 1 aliphatic carbocycles. The normalized spacial score (nSPS) is 21.0. The fourth-order valence-corrected chi connectivity index (χ4v) is 5.76. The van der Waals surface area contributed by atoms with Gasteiger partial charge in [0.25, 0.3) is 0 Å². The van der Waals surface area contributed by atoms with Gasteiger partial charge in [0.15, 0.2) is 5.78 Å². The van der Waals surface area contributed by atoms with E-state index in [4.69, 9.17) is 5.73 Å². The zero-order valence-corrected chi connectivity index (χ0v) is 18.7. The van der Waals surface area contributed by atoms with Crippen molar-refractivity contribution in [2.45, 2.75) is 32.6 Å². The second kappa shape index (κ2) is 7.33. The minimum Gasteiger partial charge on any atom is -0.384 e.